The van der Waals surface area contributed by atoms with E-state index in [0.717, 1.165) is 69.5 Å². The highest BCUT2D eigenvalue weighted by atomic mass is 32.1. The van der Waals surface area contributed by atoms with E-state index in [1.807, 2.05) is 410 Å². The lowest BCUT2D eigenvalue weighted by atomic mass is 10.1. The highest BCUT2D eigenvalue weighted by molar-refractivity contribution is 7.10. The van der Waals surface area contributed by atoms with E-state index in [2.05, 4.69) is 217 Å². The molecule has 802 valence electrons. The molecule has 0 unspecified atom stereocenters. The summed E-state index contributed by atoms with van der Waals surface area (Å²) in [5.74, 6) is 0. The van der Waals surface area contributed by atoms with Crippen molar-refractivity contribution in [1.82, 2.24) is 80.4 Å². The van der Waals surface area contributed by atoms with Crippen LogP contribution in [-0.4, -0.2) is 80.4 Å². The molecule has 140 heavy (non-hydrogen) atoms. The van der Waals surface area contributed by atoms with E-state index < -0.39 is 0 Å². The summed E-state index contributed by atoms with van der Waals surface area (Å²) in [7, 11) is 0. The lowest BCUT2D eigenvalue weighted by Gasteiger charge is -1.94. The van der Waals surface area contributed by atoms with Crippen molar-refractivity contribution in [1.29, 1.82) is 0 Å². The largest absolute Gasteiger partial charge is 0.264 e. The van der Waals surface area contributed by atoms with Crippen molar-refractivity contribution in [2.75, 3.05) is 0 Å². The van der Waals surface area contributed by atoms with Crippen LogP contribution in [0.25, 0.3) is 0 Å². The van der Waals surface area contributed by atoms with E-state index in [9.17, 15) is 0 Å². The second-order valence-electron chi connectivity index (χ2n) is 25.5. The number of rotatable bonds is 5. The van der Waals surface area contributed by atoms with Gasteiger partial charge in [-0.25, -0.2) is 19.9 Å². The van der Waals surface area contributed by atoms with Crippen LogP contribution in [0.1, 0.15) is 396 Å². The Kier molecular flexibility index (Phi) is 180. The Hall–Kier alpha value is -10.6. The van der Waals surface area contributed by atoms with Crippen molar-refractivity contribution in [3.63, 3.8) is 0 Å². The Morgan fingerprint density at radius 2 is 0.536 bits per heavy atom. The summed E-state index contributed by atoms with van der Waals surface area (Å²) in [4.78, 5) is 42.5. The van der Waals surface area contributed by atoms with E-state index in [4.69, 9.17) is 0 Å². The maximum absolute atomic E-state index is 4.08. The number of hydrogen-bond acceptors (Lipinski definition) is 18. The second kappa shape index (κ2) is 144. The van der Waals surface area contributed by atoms with Crippen LogP contribution in [0.4, 0.5) is 0 Å². The molecular formula is C122H222N16S2. The van der Waals surface area contributed by atoms with Gasteiger partial charge in [0.1, 0.15) is 12.7 Å². The van der Waals surface area contributed by atoms with Gasteiger partial charge in [-0.1, -0.05) is 290 Å². The van der Waals surface area contributed by atoms with Crippen molar-refractivity contribution in [2.45, 2.75) is 429 Å². The zero-order valence-corrected chi connectivity index (χ0v) is 101. The maximum atomic E-state index is 4.08. The molecule has 18 heteroatoms. The number of allylic oxidation sites excluding steroid dienone is 6. The fraction of sp³-hybridized carbons (Fsp3) is 0.508. The van der Waals surface area contributed by atoms with Gasteiger partial charge in [0, 0.05) is 107 Å². The third-order valence-electron chi connectivity index (χ3n) is 16.1. The molecule has 16 nitrogen and oxygen atoms in total. The minimum absolute atomic E-state index is 0. The van der Waals surface area contributed by atoms with Crippen LogP contribution in [0.15, 0.2) is 219 Å². The lowest BCUT2D eigenvalue weighted by molar-refractivity contribution is 0.928. The molecular weight excluding hydrogens is 1750 g/mol. The number of aryl methyl sites for hydroxylation is 24. The predicted molar refractivity (Wildman–Crippen MR) is 644 cm³/mol. The van der Waals surface area contributed by atoms with Gasteiger partial charge in [0.05, 0.1) is 35.2 Å². The fourth-order valence-corrected chi connectivity index (χ4v) is 8.17. The fourth-order valence-electron chi connectivity index (χ4n) is 6.71. The SMILES string of the molecule is C.C.C.C=C(C)CC=CC(=C)CCC.CC.CC.CC.CC.CC.CC.CC.CC.CC.CC.CC.CC.CC.CC.CC=CC.Cc1cccnc1C.Cc1cccnc1C.Cc1ccncc1C.Cc1ccncc1C.Cc1ccnnc1C.Cc1ccnnc1C.Cc1ccsc1C.Cc1ccsc1C.Cc1cncnc1C.Cc1cncnc1C.Cc1cnncc1C.Cc1nccnc1C. The Labute approximate surface area is 879 Å². The first-order valence-corrected chi connectivity index (χ1v) is 52.0. The second-order valence-corrected chi connectivity index (χ2v) is 27.7. The molecule has 12 rings (SSSR count). The molecule has 0 atom stereocenters. The maximum Gasteiger partial charge on any atom is 0.115 e. The van der Waals surface area contributed by atoms with Crippen molar-refractivity contribution >= 4 is 22.7 Å². The zero-order chi connectivity index (χ0) is 110. The van der Waals surface area contributed by atoms with E-state index in [1.54, 1.807) is 72.5 Å². The summed E-state index contributed by atoms with van der Waals surface area (Å²) in [5.41, 5.74) is 28.3. The van der Waals surface area contributed by atoms with Crippen LogP contribution >= 0.6 is 22.7 Å². The molecule has 0 aliphatic heterocycles. The molecule has 12 aromatic rings. The average molecular weight is 1980 g/mol. The van der Waals surface area contributed by atoms with Crippen LogP contribution in [0.3, 0.4) is 0 Å². The van der Waals surface area contributed by atoms with Crippen LogP contribution < -0.4 is 0 Å². The molecule has 0 bridgehead atoms. The summed E-state index contributed by atoms with van der Waals surface area (Å²) in [6, 6.07) is 20.2. The van der Waals surface area contributed by atoms with E-state index in [-0.39, 0.29) is 22.3 Å². The predicted octanol–water partition coefficient (Wildman–Crippen LogP) is 39.8. The summed E-state index contributed by atoms with van der Waals surface area (Å²) in [6.07, 6.45) is 39.5. The summed E-state index contributed by atoms with van der Waals surface area (Å²) in [5, 5.41) is 26.7. The lowest BCUT2D eigenvalue weighted by Crippen LogP contribution is -1.87. The standard InChI is InChI=1S/C11H18.4C7H9N.6C6H8N2.2C6H8S.C4H8.14C2H6.3CH4/c1-5-7-11(4)9-6-8-10(2)3;2*1-6-3-4-8-5-7(6)2;2*1-6-4-3-5-8-7(6)2;2*1-5-3-7-4-8-6(5)2;1-5-3-7-8-4-6(5)2;1-5-6(2)8-4-3-7-5;2*1-5-3-4-7-8-6(5)2;2*1-5-3-4-7-6(5)2;1-3-4-2;14*1-2;;;/h6,9H,2,4-5,7-8H2,1,3H3;4*3-5H,1-2H3;6*3-4H,1-2H3;2*3-4H,1-2H3;3-4H,1-2H3;14*1-2H3;3*1H4. The summed E-state index contributed by atoms with van der Waals surface area (Å²) < 4.78 is 0. The monoisotopic (exact) mass is 1980 g/mol. The smallest absolute Gasteiger partial charge is 0.115 e. The van der Waals surface area contributed by atoms with Crippen molar-refractivity contribution in [3.05, 3.63) is 353 Å². The third kappa shape index (κ3) is 122. The van der Waals surface area contributed by atoms with E-state index in [1.165, 1.54) is 94.1 Å². The molecule has 12 heterocycles. The molecule has 12 aromatic heterocycles. The molecule has 0 saturated heterocycles. The number of nitrogens with zero attached hydrogens (tertiary/aromatic N) is 16. The molecule has 0 aliphatic rings. The first-order valence-electron chi connectivity index (χ1n) is 50.3. The third-order valence-corrected chi connectivity index (χ3v) is 18.0. The van der Waals surface area contributed by atoms with Crippen LogP contribution in [0.2, 0.25) is 0 Å². The van der Waals surface area contributed by atoms with E-state index in [0.29, 0.717) is 0 Å². The molecule has 0 N–H and O–H groups in total. The quantitative estimate of drug-likeness (QED) is 0.116. The van der Waals surface area contributed by atoms with Gasteiger partial charge in [0.25, 0.3) is 0 Å². The molecule has 0 radical (unpaired) electrons. The van der Waals surface area contributed by atoms with Gasteiger partial charge >= 0.3 is 0 Å². The number of pyridine rings is 4. The Balaban J connectivity index is -0.0000000649. The highest BCUT2D eigenvalue weighted by Crippen LogP contribution is 2.14. The molecule has 0 aromatic carbocycles. The van der Waals surface area contributed by atoms with E-state index >= 15 is 0 Å². The van der Waals surface area contributed by atoms with Gasteiger partial charge in [-0.2, -0.15) is 30.6 Å². The molecule has 0 spiro atoms. The van der Waals surface area contributed by atoms with Gasteiger partial charge in [0.2, 0.25) is 0 Å². The Morgan fingerprint density at radius 1 is 0.271 bits per heavy atom. The van der Waals surface area contributed by atoms with Crippen molar-refractivity contribution in [2.24, 2.45) is 0 Å². The first kappa shape index (κ1) is 175. The summed E-state index contributed by atoms with van der Waals surface area (Å²) >= 11 is 3.61. The molecule has 0 aliphatic carbocycles. The van der Waals surface area contributed by atoms with Gasteiger partial charge in [0.15, 0.2) is 0 Å². The minimum Gasteiger partial charge on any atom is -0.264 e. The Bertz CT molecular complexity index is 3440. The summed E-state index contributed by atoms with van der Waals surface area (Å²) in [6.45, 7) is 121. The van der Waals surface area contributed by atoms with Gasteiger partial charge < -0.3 is 0 Å². The number of aromatic nitrogens is 16. The molecule has 0 fully saturated rings. The van der Waals surface area contributed by atoms with Crippen LogP contribution in [0.5, 0.6) is 0 Å². The van der Waals surface area contributed by atoms with Gasteiger partial charge in [-0.15, -0.1) is 22.7 Å². The van der Waals surface area contributed by atoms with Crippen LogP contribution in [-0.2, 0) is 0 Å². The van der Waals surface area contributed by atoms with Gasteiger partial charge in [-0.05, 0) is 337 Å². The Morgan fingerprint density at radius 3 is 0.693 bits per heavy atom. The van der Waals surface area contributed by atoms with Gasteiger partial charge in [-0.3, -0.25) is 29.9 Å². The number of thiophene rings is 2. The zero-order valence-electron chi connectivity index (χ0n) is 99.0. The topological polar surface area (TPSA) is 206 Å². The highest BCUT2D eigenvalue weighted by Gasteiger charge is 1.95. The van der Waals surface area contributed by atoms with Crippen molar-refractivity contribution in [3.8, 4) is 0 Å². The molecule has 0 saturated carbocycles. The molecule has 0 amide bonds. The first-order chi connectivity index (χ1) is 65.7. The number of hydrogen-bond donors (Lipinski definition) is 0. The van der Waals surface area contributed by atoms with Crippen molar-refractivity contribution < 1.29 is 0 Å². The van der Waals surface area contributed by atoms with Crippen LogP contribution in [0, 0.1) is 166 Å². The minimum atomic E-state index is 0. The normalized spacial score (nSPS) is 7.91. The average Bonchev–Trinajstić information content (AvgIpc) is 1.86.